The normalized spacial score (nSPS) is 16.4. The van der Waals surface area contributed by atoms with E-state index in [0.29, 0.717) is 5.02 Å². The third kappa shape index (κ3) is 2.55. The van der Waals surface area contributed by atoms with Gasteiger partial charge in [-0.05, 0) is 31.9 Å². The first-order chi connectivity index (χ1) is 7.91. The van der Waals surface area contributed by atoms with Crippen molar-refractivity contribution in [3.63, 3.8) is 0 Å². The highest BCUT2D eigenvalue weighted by molar-refractivity contribution is 6.31. The van der Waals surface area contributed by atoms with Crippen molar-refractivity contribution in [2.45, 2.75) is 25.3 Å². The Hall–Kier alpha value is -1.62. The Balaban J connectivity index is 2.32. The predicted octanol–water partition coefficient (Wildman–Crippen LogP) is 2.53. The number of carbonyl (C=O) groups excluding carboxylic acids is 1. The zero-order chi connectivity index (χ0) is 12.6. The molecule has 1 saturated carbocycles. The standard InChI is InChI=1S/C11H11ClN2O3/c1-11(4-5-11)13-10(15)8-6-7(12)2-3-9(8)14(16)17/h2-3,6H,4-5H2,1H3,(H,13,15). The molecule has 0 heterocycles. The van der Waals surface area contributed by atoms with E-state index in [1.165, 1.54) is 18.2 Å². The molecule has 0 aromatic heterocycles. The number of amides is 1. The molecule has 17 heavy (non-hydrogen) atoms. The maximum absolute atomic E-state index is 11.9. The smallest absolute Gasteiger partial charge is 0.282 e. The van der Waals surface area contributed by atoms with E-state index in [2.05, 4.69) is 5.32 Å². The monoisotopic (exact) mass is 254 g/mol. The maximum Gasteiger partial charge on any atom is 0.282 e. The molecular formula is C11H11ClN2O3. The summed E-state index contributed by atoms with van der Waals surface area (Å²) in [6, 6.07) is 3.96. The van der Waals surface area contributed by atoms with E-state index < -0.39 is 10.8 Å². The van der Waals surface area contributed by atoms with Crippen LogP contribution < -0.4 is 5.32 Å². The van der Waals surface area contributed by atoms with E-state index in [1.54, 1.807) is 0 Å². The number of nitrogens with one attached hydrogen (secondary N) is 1. The van der Waals surface area contributed by atoms with Gasteiger partial charge in [0.05, 0.1) is 4.92 Å². The number of nitrogens with zero attached hydrogens (tertiary/aromatic N) is 1. The Morgan fingerprint density at radius 2 is 2.18 bits per heavy atom. The zero-order valence-electron chi connectivity index (χ0n) is 9.20. The molecule has 0 aliphatic heterocycles. The molecule has 0 atom stereocenters. The van der Waals surface area contributed by atoms with Crippen LogP contribution >= 0.6 is 11.6 Å². The lowest BCUT2D eigenvalue weighted by Crippen LogP contribution is -2.34. The van der Waals surface area contributed by atoms with Crippen molar-refractivity contribution in [2.24, 2.45) is 0 Å². The summed E-state index contributed by atoms with van der Waals surface area (Å²) in [6.07, 6.45) is 1.79. The Morgan fingerprint density at radius 1 is 1.53 bits per heavy atom. The zero-order valence-corrected chi connectivity index (χ0v) is 9.95. The number of carbonyl (C=O) groups is 1. The van der Waals surface area contributed by atoms with Gasteiger partial charge in [0.25, 0.3) is 11.6 Å². The van der Waals surface area contributed by atoms with Crippen molar-refractivity contribution >= 4 is 23.2 Å². The summed E-state index contributed by atoms with van der Waals surface area (Å²) in [7, 11) is 0. The maximum atomic E-state index is 11.9. The Bertz CT molecular complexity index is 497. The largest absolute Gasteiger partial charge is 0.347 e. The number of halogens is 1. The number of hydrogen-bond acceptors (Lipinski definition) is 3. The fourth-order valence-corrected chi connectivity index (χ4v) is 1.68. The quantitative estimate of drug-likeness (QED) is 0.665. The van der Waals surface area contributed by atoms with Gasteiger partial charge in [0.1, 0.15) is 5.56 Å². The first-order valence-electron chi connectivity index (χ1n) is 5.18. The van der Waals surface area contributed by atoms with Gasteiger partial charge in [-0.2, -0.15) is 0 Å². The first-order valence-corrected chi connectivity index (χ1v) is 5.55. The highest BCUT2D eigenvalue weighted by atomic mass is 35.5. The molecule has 6 heteroatoms. The molecule has 0 saturated heterocycles. The summed E-state index contributed by atoms with van der Waals surface area (Å²) in [5, 5.41) is 13.9. The SMILES string of the molecule is CC1(NC(=O)c2cc(Cl)ccc2[N+](=O)[O-])CC1. The van der Waals surface area contributed by atoms with Crippen LogP contribution in [-0.2, 0) is 0 Å². The summed E-state index contributed by atoms with van der Waals surface area (Å²) in [5.41, 5.74) is -0.431. The molecule has 0 radical (unpaired) electrons. The molecule has 1 aromatic rings. The molecule has 1 N–H and O–H groups in total. The Morgan fingerprint density at radius 3 is 2.71 bits per heavy atom. The van der Waals surface area contributed by atoms with E-state index in [1.807, 2.05) is 6.92 Å². The molecule has 0 bridgehead atoms. The number of hydrogen-bond donors (Lipinski definition) is 1. The van der Waals surface area contributed by atoms with Crippen LogP contribution in [0.25, 0.3) is 0 Å². The number of nitro groups is 1. The summed E-state index contributed by atoms with van der Waals surface area (Å²) < 4.78 is 0. The summed E-state index contributed by atoms with van der Waals surface area (Å²) in [5.74, 6) is -0.445. The Kier molecular flexibility index (Phi) is 2.79. The van der Waals surface area contributed by atoms with Crippen molar-refractivity contribution in [3.8, 4) is 0 Å². The number of rotatable bonds is 3. The first kappa shape index (κ1) is 11.9. The van der Waals surface area contributed by atoms with Gasteiger partial charge in [-0.25, -0.2) is 0 Å². The average Bonchev–Trinajstić information content (AvgIpc) is 2.95. The minimum atomic E-state index is -0.583. The molecule has 1 aromatic carbocycles. The van der Waals surface area contributed by atoms with Crippen molar-refractivity contribution in [1.29, 1.82) is 0 Å². The average molecular weight is 255 g/mol. The lowest BCUT2D eigenvalue weighted by atomic mass is 10.1. The van der Waals surface area contributed by atoms with E-state index in [0.717, 1.165) is 12.8 Å². The molecule has 1 aliphatic rings. The topological polar surface area (TPSA) is 72.2 Å². The van der Waals surface area contributed by atoms with E-state index >= 15 is 0 Å². The minimum Gasteiger partial charge on any atom is -0.347 e. The highest BCUT2D eigenvalue weighted by Crippen LogP contribution is 2.35. The highest BCUT2D eigenvalue weighted by Gasteiger charge is 2.39. The summed E-state index contributed by atoms with van der Waals surface area (Å²) in [4.78, 5) is 22.1. The van der Waals surface area contributed by atoms with Gasteiger partial charge in [0.15, 0.2) is 0 Å². The van der Waals surface area contributed by atoms with Crippen molar-refractivity contribution in [3.05, 3.63) is 38.9 Å². The molecule has 1 amide bonds. The van der Waals surface area contributed by atoms with Crippen molar-refractivity contribution < 1.29 is 9.72 Å². The molecule has 90 valence electrons. The van der Waals surface area contributed by atoms with Crippen molar-refractivity contribution in [2.75, 3.05) is 0 Å². The Labute approximate surface area is 103 Å². The number of benzene rings is 1. The lowest BCUT2D eigenvalue weighted by molar-refractivity contribution is -0.385. The molecule has 5 nitrogen and oxygen atoms in total. The molecular weight excluding hydrogens is 244 g/mol. The predicted molar refractivity (Wildman–Crippen MR) is 63.2 cm³/mol. The third-order valence-electron chi connectivity index (χ3n) is 2.82. The van der Waals surface area contributed by atoms with Crippen LogP contribution in [-0.4, -0.2) is 16.4 Å². The van der Waals surface area contributed by atoms with Gasteiger partial charge in [-0.15, -0.1) is 0 Å². The van der Waals surface area contributed by atoms with Crippen LogP contribution in [0, 0.1) is 10.1 Å². The van der Waals surface area contributed by atoms with Crippen molar-refractivity contribution in [1.82, 2.24) is 5.32 Å². The van der Waals surface area contributed by atoms with Crippen LogP contribution in [0.1, 0.15) is 30.1 Å². The summed E-state index contributed by atoms with van der Waals surface area (Å²) >= 11 is 5.75. The van der Waals surface area contributed by atoms with Gasteiger partial charge >= 0.3 is 0 Å². The van der Waals surface area contributed by atoms with Crippen LogP contribution in [0.15, 0.2) is 18.2 Å². The fourth-order valence-electron chi connectivity index (χ4n) is 1.50. The summed E-state index contributed by atoms with van der Waals surface area (Å²) in [6.45, 7) is 1.90. The van der Waals surface area contributed by atoms with Gasteiger partial charge < -0.3 is 5.32 Å². The van der Waals surface area contributed by atoms with Crippen LogP contribution in [0.2, 0.25) is 5.02 Å². The minimum absolute atomic E-state index is 0.00984. The number of nitro benzene ring substituents is 1. The van der Waals surface area contributed by atoms with Crippen LogP contribution in [0.4, 0.5) is 5.69 Å². The second kappa shape index (κ2) is 4.00. The lowest BCUT2D eigenvalue weighted by Gasteiger charge is -2.11. The van der Waals surface area contributed by atoms with E-state index in [4.69, 9.17) is 11.6 Å². The van der Waals surface area contributed by atoms with Gasteiger partial charge in [0, 0.05) is 16.6 Å². The molecule has 0 spiro atoms. The van der Waals surface area contributed by atoms with Crippen LogP contribution in [0.3, 0.4) is 0 Å². The van der Waals surface area contributed by atoms with Crippen LogP contribution in [0.5, 0.6) is 0 Å². The van der Waals surface area contributed by atoms with E-state index in [-0.39, 0.29) is 16.8 Å². The second-order valence-corrected chi connectivity index (χ2v) is 4.87. The van der Waals surface area contributed by atoms with Gasteiger partial charge in [0.2, 0.25) is 0 Å². The molecule has 2 rings (SSSR count). The van der Waals surface area contributed by atoms with E-state index in [9.17, 15) is 14.9 Å². The molecule has 0 unspecified atom stereocenters. The second-order valence-electron chi connectivity index (χ2n) is 4.43. The van der Waals surface area contributed by atoms with Gasteiger partial charge in [-0.1, -0.05) is 11.6 Å². The molecule has 1 fully saturated rings. The fraction of sp³-hybridized carbons (Fsp3) is 0.364. The molecule has 1 aliphatic carbocycles. The van der Waals surface area contributed by atoms with Gasteiger partial charge in [-0.3, -0.25) is 14.9 Å². The third-order valence-corrected chi connectivity index (χ3v) is 3.05.